The molecule has 0 amide bonds. The Morgan fingerprint density at radius 2 is 2.26 bits per heavy atom. The highest BCUT2D eigenvalue weighted by molar-refractivity contribution is 9.10. The van der Waals surface area contributed by atoms with Crippen LogP contribution in [0.2, 0.25) is 0 Å². The van der Waals surface area contributed by atoms with E-state index in [1.165, 1.54) is 5.56 Å². The molecule has 0 fully saturated rings. The van der Waals surface area contributed by atoms with Gasteiger partial charge in [-0.25, -0.2) is 4.98 Å². The topological polar surface area (TPSA) is 39.4 Å². The molecular weight excluding hydrogens is 306 g/mol. The molecule has 0 aliphatic rings. The fourth-order valence-corrected chi connectivity index (χ4v) is 2.41. The highest BCUT2D eigenvalue weighted by atomic mass is 79.9. The van der Waals surface area contributed by atoms with E-state index >= 15 is 0 Å². The first kappa shape index (κ1) is 12.2. The van der Waals surface area contributed by atoms with Gasteiger partial charge in [0.05, 0.1) is 11.7 Å². The van der Waals surface area contributed by atoms with E-state index in [0.29, 0.717) is 6.61 Å². The van der Waals surface area contributed by atoms with E-state index < -0.39 is 0 Å². The molecule has 0 aliphatic carbocycles. The van der Waals surface area contributed by atoms with E-state index in [1.54, 1.807) is 12.4 Å². The summed E-state index contributed by atoms with van der Waals surface area (Å²) < 4.78 is 8.53. The van der Waals surface area contributed by atoms with Crippen LogP contribution >= 0.6 is 15.9 Å². The lowest BCUT2D eigenvalue weighted by molar-refractivity contribution is 0.294. The third kappa shape index (κ3) is 2.46. The molecule has 0 N–H and O–H groups in total. The van der Waals surface area contributed by atoms with Gasteiger partial charge in [-0.05, 0) is 52.7 Å². The van der Waals surface area contributed by atoms with Gasteiger partial charge in [0.15, 0.2) is 5.82 Å². The van der Waals surface area contributed by atoms with Gasteiger partial charge in [0, 0.05) is 12.4 Å². The molecule has 3 aromatic heterocycles. The van der Waals surface area contributed by atoms with Crippen molar-refractivity contribution in [1.82, 2.24) is 14.4 Å². The molecule has 96 valence electrons. The quantitative estimate of drug-likeness (QED) is 0.743. The van der Waals surface area contributed by atoms with Gasteiger partial charge in [-0.15, -0.1) is 0 Å². The molecule has 19 heavy (non-hydrogen) atoms. The Morgan fingerprint density at radius 3 is 3.05 bits per heavy atom. The van der Waals surface area contributed by atoms with E-state index in [1.807, 2.05) is 22.7 Å². The molecule has 0 unspecified atom stereocenters. The molecule has 0 aromatic carbocycles. The van der Waals surface area contributed by atoms with Gasteiger partial charge in [0.1, 0.15) is 17.0 Å². The zero-order valence-corrected chi connectivity index (χ0v) is 12.0. The number of aromatic nitrogens is 3. The van der Waals surface area contributed by atoms with E-state index in [-0.39, 0.29) is 0 Å². The predicted molar refractivity (Wildman–Crippen MR) is 76.2 cm³/mol. The summed E-state index contributed by atoms with van der Waals surface area (Å²) in [6.07, 6.45) is 5.41. The van der Waals surface area contributed by atoms with Gasteiger partial charge in [-0.2, -0.15) is 0 Å². The molecule has 0 radical (unpaired) electrons. The minimum Gasteiger partial charge on any atom is -0.484 e. The summed E-state index contributed by atoms with van der Waals surface area (Å²) in [7, 11) is 0. The van der Waals surface area contributed by atoms with Crippen molar-refractivity contribution in [2.45, 2.75) is 13.5 Å². The Labute approximate surface area is 119 Å². The van der Waals surface area contributed by atoms with Crippen molar-refractivity contribution in [2.75, 3.05) is 0 Å². The Hall–Kier alpha value is -1.88. The second kappa shape index (κ2) is 5.01. The van der Waals surface area contributed by atoms with Crippen molar-refractivity contribution < 1.29 is 4.74 Å². The second-order valence-electron chi connectivity index (χ2n) is 4.26. The number of nitrogens with zero attached hydrogens (tertiary/aromatic N) is 3. The van der Waals surface area contributed by atoms with Crippen LogP contribution in [-0.4, -0.2) is 14.4 Å². The molecule has 4 nitrogen and oxygen atoms in total. The summed E-state index contributed by atoms with van der Waals surface area (Å²) in [6, 6.07) is 7.86. The smallest absolute Gasteiger partial charge is 0.152 e. The van der Waals surface area contributed by atoms with Crippen LogP contribution in [0.25, 0.3) is 5.52 Å². The first-order chi connectivity index (χ1) is 9.24. The average molecular weight is 318 g/mol. The van der Waals surface area contributed by atoms with Crippen LogP contribution in [0.15, 0.2) is 47.5 Å². The van der Waals surface area contributed by atoms with Gasteiger partial charge in [0.25, 0.3) is 0 Å². The van der Waals surface area contributed by atoms with E-state index in [2.05, 4.69) is 45.0 Å². The standard InChI is InChI=1S/C14H12BrN3O/c1-10-4-6-18-12(7-10)14(15)17-13(18)9-19-11-3-2-5-16-8-11/h2-8H,9H2,1H3. The van der Waals surface area contributed by atoms with Crippen LogP contribution in [0.1, 0.15) is 11.4 Å². The maximum absolute atomic E-state index is 5.68. The van der Waals surface area contributed by atoms with Crippen LogP contribution < -0.4 is 4.74 Å². The number of rotatable bonds is 3. The zero-order valence-electron chi connectivity index (χ0n) is 10.4. The third-order valence-corrected chi connectivity index (χ3v) is 3.41. The second-order valence-corrected chi connectivity index (χ2v) is 5.01. The van der Waals surface area contributed by atoms with Crippen molar-refractivity contribution in [3.05, 3.63) is 58.8 Å². The van der Waals surface area contributed by atoms with Crippen LogP contribution in [0.5, 0.6) is 5.75 Å². The molecule has 5 heteroatoms. The molecule has 3 rings (SSSR count). The largest absolute Gasteiger partial charge is 0.484 e. The maximum atomic E-state index is 5.68. The molecule has 3 aromatic rings. The van der Waals surface area contributed by atoms with Gasteiger partial charge < -0.3 is 4.74 Å². The molecule has 0 atom stereocenters. The number of hydrogen-bond donors (Lipinski definition) is 0. The highest BCUT2D eigenvalue weighted by Crippen LogP contribution is 2.21. The lowest BCUT2D eigenvalue weighted by atomic mass is 10.3. The highest BCUT2D eigenvalue weighted by Gasteiger charge is 2.09. The van der Waals surface area contributed by atoms with Crippen molar-refractivity contribution >= 4 is 21.4 Å². The zero-order chi connectivity index (χ0) is 13.2. The fraction of sp³-hybridized carbons (Fsp3) is 0.143. The molecule has 3 heterocycles. The SMILES string of the molecule is Cc1ccn2c(COc3cccnc3)nc(Br)c2c1. The normalized spacial score (nSPS) is 10.8. The van der Waals surface area contributed by atoms with Gasteiger partial charge in [-0.1, -0.05) is 0 Å². The minimum atomic E-state index is 0.404. The van der Waals surface area contributed by atoms with Crippen LogP contribution in [0.4, 0.5) is 0 Å². The number of halogens is 1. The number of aryl methyl sites for hydroxylation is 1. The van der Waals surface area contributed by atoms with E-state index in [0.717, 1.165) is 21.7 Å². The van der Waals surface area contributed by atoms with Gasteiger partial charge in [-0.3, -0.25) is 9.38 Å². The third-order valence-electron chi connectivity index (χ3n) is 2.83. The summed E-state index contributed by atoms with van der Waals surface area (Å²) in [5.41, 5.74) is 2.25. The molecular formula is C14H12BrN3O. The summed E-state index contributed by atoms with van der Waals surface area (Å²) in [5, 5.41) is 0. The first-order valence-electron chi connectivity index (χ1n) is 5.90. The lowest BCUT2D eigenvalue weighted by Gasteiger charge is -2.05. The molecule has 0 bridgehead atoms. The van der Waals surface area contributed by atoms with Crippen molar-refractivity contribution in [3.63, 3.8) is 0 Å². The van der Waals surface area contributed by atoms with Crippen molar-refractivity contribution in [2.24, 2.45) is 0 Å². The Kier molecular flexibility index (Phi) is 3.21. The first-order valence-corrected chi connectivity index (χ1v) is 6.69. The van der Waals surface area contributed by atoms with Crippen molar-refractivity contribution in [3.8, 4) is 5.75 Å². The van der Waals surface area contributed by atoms with Crippen LogP contribution in [0, 0.1) is 6.92 Å². The van der Waals surface area contributed by atoms with Crippen LogP contribution in [0.3, 0.4) is 0 Å². The number of pyridine rings is 2. The van der Waals surface area contributed by atoms with Crippen molar-refractivity contribution in [1.29, 1.82) is 0 Å². The number of hydrogen-bond acceptors (Lipinski definition) is 3. The molecule has 0 spiro atoms. The monoisotopic (exact) mass is 317 g/mol. The molecule has 0 saturated carbocycles. The average Bonchev–Trinajstić information content (AvgIpc) is 2.74. The Balaban J connectivity index is 1.89. The Morgan fingerprint density at radius 1 is 1.37 bits per heavy atom. The van der Waals surface area contributed by atoms with E-state index in [9.17, 15) is 0 Å². The van der Waals surface area contributed by atoms with E-state index in [4.69, 9.17) is 4.74 Å². The maximum Gasteiger partial charge on any atom is 0.152 e. The summed E-state index contributed by atoms with van der Waals surface area (Å²) in [5.74, 6) is 1.59. The number of imidazole rings is 1. The Bertz CT molecular complexity index is 709. The summed E-state index contributed by atoms with van der Waals surface area (Å²) in [4.78, 5) is 8.49. The van der Waals surface area contributed by atoms with Gasteiger partial charge >= 0.3 is 0 Å². The molecule has 0 saturated heterocycles. The molecule has 0 aliphatic heterocycles. The predicted octanol–water partition coefficient (Wildman–Crippen LogP) is 3.38. The fourth-order valence-electron chi connectivity index (χ4n) is 1.90. The summed E-state index contributed by atoms with van der Waals surface area (Å²) in [6.45, 7) is 2.47. The number of ether oxygens (including phenoxy) is 1. The van der Waals surface area contributed by atoms with Gasteiger partial charge in [0.2, 0.25) is 0 Å². The lowest BCUT2D eigenvalue weighted by Crippen LogP contribution is -2.01. The minimum absolute atomic E-state index is 0.404. The number of fused-ring (bicyclic) bond motifs is 1. The van der Waals surface area contributed by atoms with Crippen LogP contribution in [-0.2, 0) is 6.61 Å². The summed E-state index contributed by atoms with van der Waals surface area (Å²) >= 11 is 3.48.